The monoisotopic (exact) mass is 437 g/mol. The van der Waals surface area contributed by atoms with Crippen molar-refractivity contribution >= 4 is 34.7 Å². The summed E-state index contributed by atoms with van der Waals surface area (Å²) in [4.78, 5) is 17.4. The topological polar surface area (TPSA) is 89.1 Å². The maximum absolute atomic E-state index is 13.1. The van der Waals surface area contributed by atoms with E-state index >= 15 is 0 Å². The third-order valence-electron chi connectivity index (χ3n) is 5.84. The number of hydrogen-bond acceptors (Lipinski definition) is 5. The predicted molar refractivity (Wildman–Crippen MR) is 120 cm³/mol. The first-order valence-electron chi connectivity index (χ1n) is 10.6. The third kappa shape index (κ3) is 3.88. The normalized spacial score (nSPS) is 19.9. The highest BCUT2D eigenvalue weighted by molar-refractivity contribution is 6.32. The second-order valence-electron chi connectivity index (χ2n) is 8.12. The Labute approximate surface area is 185 Å². The molecule has 5 rings (SSSR count). The van der Waals surface area contributed by atoms with Crippen LogP contribution in [-0.4, -0.2) is 43.4 Å². The third-order valence-corrected chi connectivity index (χ3v) is 6.19. The lowest BCUT2D eigenvalue weighted by molar-refractivity contribution is 0.102. The van der Waals surface area contributed by atoms with Crippen LogP contribution in [0.5, 0.6) is 0 Å². The highest BCUT2D eigenvalue weighted by Crippen LogP contribution is 2.33. The molecule has 2 N–H and O–H groups in total. The number of piperidine rings is 1. The number of amides is 1. The van der Waals surface area contributed by atoms with Crippen molar-refractivity contribution in [3.8, 4) is 0 Å². The van der Waals surface area contributed by atoms with Crippen molar-refractivity contribution < 1.29 is 4.79 Å². The van der Waals surface area contributed by atoms with Gasteiger partial charge in [-0.3, -0.25) is 4.79 Å². The summed E-state index contributed by atoms with van der Waals surface area (Å²) < 4.78 is 3.34. The van der Waals surface area contributed by atoms with Gasteiger partial charge >= 0.3 is 0 Å². The largest absolute Gasteiger partial charge is 0.317 e. The van der Waals surface area contributed by atoms with E-state index in [1.165, 1.54) is 6.20 Å². The number of anilines is 1. The molecule has 9 heteroatoms. The van der Waals surface area contributed by atoms with Crippen molar-refractivity contribution in [3.05, 3.63) is 59.2 Å². The SMILES string of the molecule is CC1C=CC(n2nc(C3CCNCC3)cc2NC(=O)c2cnn3cccnc23)=C(Cl)C1. The van der Waals surface area contributed by atoms with Gasteiger partial charge in [0.25, 0.3) is 5.91 Å². The van der Waals surface area contributed by atoms with Crippen LogP contribution in [0.2, 0.25) is 0 Å². The Bertz CT molecular complexity index is 1190. The molecule has 1 aliphatic carbocycles. The van der Waals surface area contributed by atoms with Crippen molar-refractivity contribution in [1.29, 1.82) is 0 Å². The molecule has 2 aliphatic rings. The fourth-order valence-electron chi connectivity index (χ4n) is 4.15. The van der Waals surface area contributed by atoms with E-state index in [0.29, 0.717) is 28.9 Å². The molecular formula is C22H24ClN7O. The molecule has 1 aliphatic heterocycles. The first kappa shape index (κ1) is 20.0. The smallest absolute Gasteiger partial charge is 0.262 e. The number of aromatic nitrogens is 5. The molecule has 8 nitrogen and oxygen atoms in total. The summed E-state index contributed by atoms with van der Waals surface area (Å²) >= 11 is 6.61. The molecule has 0 spiro atoms. The summed E-state index contributed by atoms with van der Waals surface area (Å²) in [6, 6.07) is 3.74. The Kier molecular flexibility index (Phi) is 5.33. The number of halogens is 1. The Morgan fingerprint density at radius 1 is 1.32 bits per heavy atom. The lowest BCUT2D eigenvalue weighted by Gasteiger charge is -2.20. The second-order valence-corrected chi connectivity index (χ2v) is 8.58. The Hall–Kier alpha value is -2.97. The molecule has 0 aromatic carbocycles. The fraction of sp³-hybridized carbons (Fsp3) is 0.364. The van der Waals surface area contributed by atoms with E-state index in [1.807, 2.05) is 12.1 Å². The van der Waals surface area contributed by atoms with Crippen molar-refractivity contribution in [3.63, 3.8) is 0 Å². The molecule has 0 saturated carbocycles. The van der Waals surface area contributed by atoms with Crippen molar-refractivity contribution in [2.75, 3.05) is 18.4 Å². The maximum atomic E-state index is 13.1. The summed E-state index contributed by atoms with van der Waals surface area (Å²) in [7, 11) is 0. The molecule has 3 aromatic rings. The number of rotatable bonds is 4. The number of nitrogens with one attached hydrogen (secondary N) is 2. The molecular weight excluding hydrogens is 414 g/mol. The molecule has 1 atom stereocenters. The minimum atomic E-state index is -0.281. The number of carbonyl (C=O) groups is 1. The van der Waals surface area contributed by atoms with Gasteiger partial charge in [-0.05, 0) is 50.4 Å². The molecule has 1 unspecified atom stereocenters. The van der Waals surface area contributed by atoms with E-state index in [2.05, 4.69) is 33.7 Å². The highest BCUT2D eigenvalue weighted by atomic mass is 35.5. The van der Waals surface area contributed by atoms with Gasteiger partial charge in [0, 0.05) is 29.4 Å². The van der Waals surface area contributed by atoms with Crippen LogP contribution >= 0.6 is 11.6 Å². The molecule has 0 radical (unpaired) electrons. The van der Waals surface area contributed by atoms with Crippen LogP contribution in [0, 0.1) is 5.92 Å². The van der Waals surface area contributed by atoms with E-state index in [1.54, 1.807) is 27.7 Å². The number of nitrogens with zero attached hydrogens (tertiary/aromatic N) is 5. The fourth-order valence-corrected chi connectivity index (χ4v) is 4.53. The summed E-state index contributed by atoms with van der Waals surface area (Å²) in [6.07, 6.45) is 11.8. The first-order chi connectivity index (χ1) is 15.1. The Morgan fingerprint density at radius 2 is 2.16 bits per heavy atom. The van der Waals surface area contributed by atoms with E-state index in [9.17, 15) is 4.79 Å². The van der Waals surface area contributed by atoms with E-state index in [-0.39, 0.29) is 5.91 Å². The van der Waals surface area contributed by atoms with Gasteiger partial charge in [-0.1, -0.05) is 24.6 Å². The number of carbonyl (C=O) groups excluding carboxylic acids is 1. The molecule has 1 amide bonds. The van der Waals surface area contributed by atoms with Crippen LogP contribution in [0.15, 0.2) is 47.9 Å². The molecule has 3 aromatic heterocycles. The minimum absolute atomic E-state index is 0.281. The van der Waals surface area contributed by atoms with E-state index in [4.69, 9.17) is 16.7 Å². The highest BCUT2D eigenvalue weighted by Gasteiger charge is 2.24. The van der Waals surface area contributed by atoms with E-state index in [0.717, 1.165) is 48.8 Å². The molecule has 1 saturated heterocycles. The van der Waals surface area contributed by atoms with Crippen LogP contribution in [0.25, 0.3) is 11.3 Å². The molecule has 4 heterocycles. The summed E-state index contributed by atoms with van der Waals surface area (Å²) in [6.45, 7) is 4.06. The summed E-state index contributed by atoms with van der Waals surface area (Å²) in [5.74, 6) is 1.04. The van der Waals surface area contributed by atoms with Crippen LogP contribution in [0.3, 0.4) is 0 Å². The van der Waals surface area contributed by atoms with Gasteiger partial charge in [0.1, 0.15) is 11.4 Å². The van der Waals surface area contributed by atoms with Crippen LogP contribution < -0.4 is 10.6 Å². The van der Waals surface area contributed by atoms with Gasteiger partial charge in [-0.2, -0.15) is 10.2 Å². The molecule has 1 fully saturated rings. The van der Waals surface area contributed by atoms with Crippen molar-refractivity contribution in [2.45, 2.75) is 32.1 Å². The van der Waals surface area contributed by atoms with E-state index < -0.39 is 0 Å². The lowest BCUT2D eigenvalue weighted by atomic mass is 9.95. The number of hydrogen-bond donors (Lipinski definition) is 2. The number of fused-ring (bicyclic) bond motifs is 1. The average Bonchev–Trinajstić information content (AvgIpc) is 3.39. The van der Waals surface area contributed by atoms with Crippen LogP contribution in [0.4, 0.5) is 5.82 Å². The zero-order valence-corrected chi connectivity index (χ0v) is 18.0. The van der Waals surface area contributed by atoms with Gasteiger partial charge in [-0.15, -0.1) is 0 Å². The summed E-state index contributed by atoms with van der Waals surface area (Å²) in [5, 5.41) is 16.2. The lowest BCUT2D eigenvalue weighted by Crippen LogP contribution is -2.26. The minimum Gasteiger partial charge on any atom is -0.317 e. The molecule has 31 heavy (non-hydrogen) atoms. The zero-order valence-electron chi connectivity index (χ0n) is 17.3. The van der Waals surface area contributed by atoms with Crippen LogP contribution in [-0.2, 0) is 0 Å². The van der Waals surface area contributed by atoms with Gasteiger partial charge in [-0.25, -0.2) is 14.2 Å². The van der Waals surface area contributed by atoms with Crippen molar-refractivity contribution in [2.24, 2.45) is 5.92 Å². The Morgan fingerprint density at radius 3 is 2.97 bits per heavy atom. The van der Waals surface area contributed by atoms with Crippen molar-refractivity contribution in [1.82, 2.24) is 29.7 Å². The summed E-state index contributed by atoms with van der Waals surface area (Å²) in [5.41, 5.74) is 2.69. The standard InChI is InChI=1S/C22H24ClN7O/c1-14-3-4-19(17(23)11-14)30-20(12-18(28-30)15-5-8-24-9-6-15)27-22(31)16-13-26-29-10-2-7-25-21(16)29/h2-4,7,10,12-15,24H,5-6,8-9,11H2,1H3,(H,27,31). The predicted octanol–water partition coefficient (Wildman–Crippen LogP) is 3.65. The second kappa shape index (κ2) is 8.28. The van der Waals surface area contributed by atoms with Gasteiger partial charge in [0.05, 0.1) is 17.6 Å². The number of allylic oxidation sites excluding steroid dienone is 4. The quantitative estimate of drug-likeness (QED) is 0.650. The Balaban J connectivity index is 1.52. The average molecular weight is 438 g/mol. The molecule has 160 valence electrons. The maximum Gasteiger partial charge on any atom is 0.262 e. The zero-order chi connectivity index (χ0) is 21.4. The van der Waals surface area contributed by atoms with Gasteiger partial charge in [0.15, 0.2) is 5.65 Å². The van der Waals surface area contributed by atoms with Crippen LogP contribution in [0.1, 0.15) is 48.2 Å². The first-order valence-corrected chi connectivity index (χ1v) is 11.0. The van der Waals surface area contributed by atoms with Gasteiger partial charge < -0.3 is 10.6 Å². The van der Waals surface area contributed by atoms with Gasteiger partial charge in [0.2, 0.25) is 0 Å². The molecule has 0 bridgehead atoms.